The molecule has 1 aliphatic rings. The molecule has 7 aromatic carbocycles. The van der Waals surface area contributed by atoms with Crippen molar-refractivity contribution in [2.75, 3.05) is 0 Å². The molecule has 0 bridgehead atoms. The molecule has 1 aliphatic carbocycles. The summed E-state index contributed by atoms with van der Waals surface area (Å²) in [6.45, 7) is 9.17. The summed E-state index contributed by atoms with van der Waals surface area (Å²) in [7, 11) is 0. The van der Waals surface area contributed by atoms with Crippen LogP contribution >= 0.6 is 0 Å². The Bertz CT molecular complexity index is 3230. The van der Waals surface area contributed by atoms with E-state index in [-0.39, 0.29) is 0 Å². The lowest BCUT2D eigenvalue weighted by atomic mass is 9.81. The maximum Gasteiger partial charge on any atom is 0.0541 e. The molecule has 0 saturated heterocycles. The zero-order chi connectivity index (χ0) is 45.4. The van der Waals surface area contributed by atoms with Crippen molar-refractivity contribution >= 4 is 65.4 Å². The second kappa shape index (κ2) is 18.9. The van der Waals surface area contributed by atoms with Crippen LogP contribution in [0.4, 0.5) is 0 Å². The van der Waals surface area contributed by atoms with E-state index in [0.29, 0.717) is 12.0 Å². The Morgan fingerprint density at radius 3 is 1.33 bits per heavy atom. The van der Waals surface area contributed by atoms with Gasteiger partial charge >= 0.3 is 0 Å². The predicted molar refractivity (Wildman–Crippen MR) is 290 cm³/mol. The molecule has 0 radical (unpaired) electrons. The molecule has 3 heterocycles. The number of fused-ring (bicyclic) bond motifs is 9. The SMILES string of the molecule is CCCCc1ccc2c(c1)c1cc(CCCC)ccc1n2-c1ccc(-c2ccc3[nH]c4ccc(C5CCC(n6c7ccc(CCCC)cc7c7cc(CCCC)ccc76)CC5)cc4c3c2)cc1. The van der Waals surface area contributed by atoms with Crippen molar-refractivity contribution in [3.63, 3.8) is 0 Å². The molecule has 1 fully saturated rings. The molecule has 1 N–H and O–H groups in total. The van der Waals surface area contributed by atoms with E-state index in [1.165, 1.54) is 200 Å². The van der Waals surface area contributed by atoms with E-state index in [2.05, 4.69) is 175 Å². The van der Waals surface area contributed by atoms with Crippen LogP contribution in [-0.2, 0) is 25.7 Å². The number of nitrogens with one attached hydrogen (secondary N) is 1. The van der Waals surface area contributed by atoms with Crippen molar-refractivity contribution in [3.05, 3.63) is 161 Å². The Morgan fingerprint density at radius 2 is 0.836 bits per heavy atom. The van der Waals surface area contributed by atoms with Crippen molar-refractivity contribution in [3.8, 4) is 16.8 Å². The third kappa shape index (κ3) is 8.27. The van der Waals surface area contributed by atoms with E-state index in [4.69, 9.17) is 0 Å². The van der Waals surface area contributed by atoms with Crippen molar-refractivity contribution in [2.24, 2.45) is 0 Å². The number of H-pyrrole nitrogens is 1. The van der Waals surface area contributed by atoms with Crippen LogP contribution in [0.25, 0.3) is 82.2 Å². The fraction of sp³-hybridized carbons (Fsp3) is 0.344. The first-order chi connectivity index (χ1) is 33.0. The monoisotopic (exact) mass is 880 g/mol. The molecule has 3 heteroatoms. The molecule has 0 unspecified atom stereocenters. The Labute approximate surface area is 398 Å². The zero-order valence-corrected chi connectivity index (χ0v) is 40.6. The van der Waals surface area contributed by atoms with Gasteiger partial charge in [-0.25, -0.2) is 0 Å². The van der Waals surface area contributed by atoms with E-state index in [1.54, 1.807) is 0 Å². The van der Waals surface area contributed by atoms with Crippen molar-refractivity contribution in [2.45, 2.75) is 142 Å². The van der Waals surface area contributed by atoms with Crippen LogP contribution in [0.3, 0.4) is 0 Å². The van der Waals surface area contributed by atoms with Gasteiger partial charge in [0.05, 0.1) is 11.0 Å². The molecular formula is C64H69N3. The van der Waals surface area contributed by atoms with Crippen molar-refractivity contribution < 1.29 is 0 Å². The standard InChI is InChI=1S/C64H69N3/c1-5-9-13-43-17-33-61-55(37-43)56-38-44(14-10-6-2)18-34-62(56)66(61)51-27-21-47(22-28-51)49-25-31-59-53(41-49)54-42-50(26-32-60(54)65-59)48-23-29-52(30-24-48)67-63-35-19-45(15-11-7-3)39-57(63)58-40-46(16-12-8-4)20-36-64(58)67/h17-22,25-28,31-42,48,52,65H,5-16,23-24,29-30H2,1-4H3. The molecule has 67 heavy (non-hydrogen) atoms. The molecule has 0 spiro atoms. The molecule has 0 amide bonds. The van der Waals surface area contributed by atoms with Crippen LogP contribution < -0.4 is 0 Å². The second-order valence-corrected chi connectivity index (χ2v) is 20.3. The molecule has 3 aromatic heterocycles. The van der Waals surface area contributed by atoms with Crippen LogP contribution in [0.2, 0.25) is 0 Å². The average molecular weight is 880 g/mol. The van der Waals surface area contributed by atoms with Gasteiger partial charge in [0.2, 0.25) is 0 Å². The van der Waals surface area contributed by atoms with Gasteiger partial charge in [0, 0.05) is 66.1 Å². The first kappa shape index (κ1) is 43.5. The van der Waals surface area contributed by atoms with Gasteiger partial charge in [-0.2, -0.15) is 0 Å². The van der Waals surface area contributed by atoms with Gasteiger partial charge in [0.1, 0.15) is 0 Å². The van der Waals surface area contributed by atoms with Crippen LogP contribution in [0.15, 0.2) is 133 Å². The lowest BCUT2D eigenvalue weighted by molar-refractivity contribution is 0.335. The number of aryl methyl sites for hydroxylation is 4. The summed E-state index contributed by atoms with van der Waals surface area (Å²) in [5, 5.41) is 8.32. The number of unbranched alkanes of at least 4 members (excludes halogenated alkanes) is 4. The fourth-order valence-electron chi connectivity index (χ4n) is 11.9. The number of nitrogens with zero attached hydrogens (tertiary/aromatic N) is 2. The number of hydrogen-bond donors (Lipinski definition) is 1. The largest absolute Gasteiger partial charge is 0.355 e. The maximum atomic E-state index is 3.76. The summed E-state index contributed by atoms with van der Waals surface area (Å²) >= 11 is 0. The number of rotatable bonds is 16. The van der Waals surface area contributed by atoms with Crippen LogP contribution in [0, 0.1) is 0 Å². The Kier molecular flexibility index (Phi) is 12.3. The van der Waals surface area contributed by atoms with Crippen LogP contribution in [0.5, 0.6) is 0 Å². The quantitative estimate of drug-likeness (QED) is 0.100. The number of benzene rings is 7. The third-order valence-corrected chi connectivity index (χ3v) is 15.7. The summed E-state index contributed by atoms with van der Waals surface area (Å²) in [5.41, 5.74) is 18.9. The average Bonchev–Trinajstić information content (AvgIpc) is 4.02. The lowest BCUT2D eigenvalue weighted by Crippen LogP contribution is -2.17. The van der Waals surface area contributed by atoms with Gasteiger partial charge in [-0.3, -0.25) is 0 Å². The third-order valence-electron chi connectivity index (χ3n) is 15.7. The number of hydrogen-bond acceptors (Lipinski definition) is 0. The van der Waals surface area contributed by atoms with Gasteiger partial charge in [0.15, 0.2) is 0 Å². The van der Waals surface area contributed by atoms with Crippen LogP contribution in [-0.4, -0.2) is 14.1 Å². The molecule has 3 nitrogen and oxygen atoms in total. The number of aromatic amines is 1. The Morgan fingerprint density at radius 1 is 0.403 bits per heavy atom. The van der Waals surface area contributed by atoms with E-state index >= 15 is 0 Å². The second-order valence-electron chi connectivity index (χ2n) is 20.3. The van der Waals surface area contributed by atoms with Crippen molar-refractivity contribution in [1.82, 2.24) is 14.1 Å². The highest BCUT2D eigenvalue weighted by atomic mass is 15.0. The lowest BCUT2D eigenvalue weighted by Gasteiger charge is -2.31. The molecule has 340 valence electrons. The Hall–Kier alpha value is -6.06. The fourth-order valence-corrected chi connectivity index (χ4v) is 11.9. The smallest absolute Gasteiger partial charge is 0.0541 e. The van der Waals surface area contributed by atoms with E-state index in [1.807, 2.05) is 0 Å². The highest BCUT2D eigenvalue weighted by Crippen LogP contribution is 2.44. The maximum absolute atomic E-state index is 3.76. The molecule has 11 rings (SSSR count). The van der Waals surface area contributed by atoms with E-state index in [0.717, 1.165) is 12.8 Å². The van der Waals surface area contributed by atoms with E-state index in [9.17, 15) is 0 Å². The molecular weight excluding hydrogens is 811 g/mol. The summed E-state index contributed by atoms with van der Waals surface area (Å²) in [4.78, 5) is 3.76. The number of aromatic nitrogens is 3. The highest BCUT2D eigenvalue weighted by molar-refractivity contribution is 6.11. The van der Waals surface area contributed by atoms with Gasteiger partial charge in [-0.05, 0) is 207 Å². The first-order valence-electron chi connectivity index (χ1n) is 26.3. The van der Waals surface area contributed by atoms with Gasteiger partial charge in [-0.15, -0.1) is 0 Å². The molecule has 1 saturated carbocycles. The minimum atomic E-state index is 0.520. The molecule has 10 aromatic rings. The minimum absolute atomic E-state index is 0.520. The predicted octanol–water partition coefficient (Wildman–Crippen LogP) is 18.5. The minimum Gasteiger partial charge on any atom is -0.355 e. The molecule has 0 atom stereocenters. The summed E-state index contributed by atoms with van der Waals surface area (Å²) in [5.74, 6) is 0.572. The molecule has 0 aliphatic heterocycles. The first-order valence-corrected chi connectivity index (χ1v) is 26.3. The zero-order valence-electron chi connectivity index (χ0n) is 40.6. The van der Waals surface area contributed by atoms with Gasteiger partial charge in [0.25, 0.3) is 0 Å². The normalized spacial score (nSPS) is 15.6. The van der Waals surface area contributed by atoms with Gasteiger partial charge in [-0.1, -0.05) is 102 Å². The Balaban J connectivity index is 0.865. The summed E-state index contributed by atoms with van der Waals surface area (Å²) < 4.78 is 5.22. The highest BCUT2D eigenvalue weighted by Gasteiger charge is 2.27. The topological polar surface area (TPSA) is 25.6 Å². The summed E-state index contributed by atoms with van der Waals surface area (Å²) in [6, 6.07) is 53.2. The van der Waals surface area contributed by atoms with Crippen LogP contribution in [0.1, 0.15) is 145 Å². The van der Waals surface area contributed by atoms with Crippen molar-refractivity contribution in [1.29, 1.82) is 0 Å². The van der Waals surface area contributed by atoms with Gasteiger partial charge < -0.3 is 14.1 Å². The van der Waals surface area contributed by atoms with E-state index < -0.39 is 0 Å². The summed E-state index contributed by atoms with van der Waals surface area (Å²) in [6.07, 6.45) is 19.3.